The van der Waals surface area contributed by atoms with Gasteiger partial charge in [-0.25, -0.2) is 9.79 Å². The number of rotatable bonds is 11. The highest BCUT2D eigenvalue weighted by molar-refractivity contribution is 7.07. The summed E-state index contributed by atoms with van der Waals surface area (Å²) in [7, 11) is 3.15. The van der Waals surface area contributed by atoms with Crippen LogP contribution in [0.2, 0.25) is 0 Å². The van der Waals surface area contributed by atoms with E-state index in [0.29, 0.717) is 51.1 Å². The van der Waals surface area contributed by atoms with Crippen molar-refractivity contribution in [3.05, 3.63) is 115 Å². The number of fused-ring (bicyclic) bond motifs is 1. The molecular formula is C33H32N2O7S. The van der Waals surface area contributed by atoms with Crippen molar-refractivity contribution in [3.8, 4) is 23.0 Å². The number of esters is 1. The lowest BCUT2D eigenvalue weighted by Gasteiger charge is -2.24. The highest BCUT2D eigenvalue weighted by Crippen LogP contribution is 2.32. The Balaban J connectivity index is 1.46. The van der Waals surface area contributed by atoms with Crippen LogP contribution in [0.25, 0.3) is 6.08 Å². The van der Waals surface area contributed by atoms with Gasteiger partial charge in [0.15, 0.2) is 16.3 Å². The number of aromatic nitrogens is 1. The summed E-state index contributed by atoms with van der Waals surface area (Å²) in [5.41, 5.74) is 2.05. The maximum Gasteiger partial charge on any atom is 0.338 e. The first-order valence-corrected chi connectivity index (χ1v) is 14.6. The van der Waals surface area contributed by atoms with Crippen LogP contribution in [0.3, 0.4) is 0 Å². The maximum atomic E-state index is 13.9. The number of carbonyl (C=O) groups excluding carboxylic acids is 1. The molecule has 0 unspecified atom stereocenters. The van der Waals surface area contributed by atoms with Gasteiger partial charge in [-0.05, 0) is 67.4 Å². The molecule has 222 valence electrons. The SMILES string of the molecule is CCOC(=O)C1=C(C)N=c2s/c(=C/c3ccc(OCCOc4ccccc4)c(OC)c3)c(=O)n2[C@@H]1c1ccc(OC)cc1. The van der Waals surface area contributed by atoms with Gasteiger partial charge < -0.3 is 23.7 Å². The van der Waals surface area contributed by atoms with E-state index in [1.807, 2.05) is 54.6 Å². The van der Waals surface area contributed by atoms with Gasteiger partial charge in [-0.2, -0.15) is 0 Å². The van der Waals surface area contributed by atoms with Crippen LogP contribution in [0.5, 0.6) is 23.0 Å². The van der Waals surface area contributed by atoms with Gasteiger partial charge >= 0.3 is 5.97 Å². The van der Waals surface area contributed by atoms with Gasteiger partial charge in [0.1, 0.15) is 24.7 Å². The molecular weight excluding hydrogens is 568 g/mol. The minimum Gasteiger partial charge on any atom is -0.497 e. The van der Waals surface area contributed by atoms with Crippen molar-refractivity contribution in [1.29, 1.82) is 0 Å². The van der Waals surface area contributed by atoms with Crippen molar-refractivity contribution in [3.63, 3.8) is 0 Å². The Hall–Kier alpha value is -4.83. The van der Waals surface area contributed by atoms with Gasteiger partial charge in [0.05, 0.1) is 42.7 Å². The van der Waals surface area contributed by atoms with Gasteiger partial charge in [0.2, 0.25) is 0 Å². The predicted octanol–water partition coefficient (Wildman–Crippen LogP) is 4.27. The number of ether oxygens (including phenoxy) is 5. The summed E-state index contributed by atoms with van der Waals surface area (Å²) < 4.78 is 29.8. The molecule has 9 nitrogen and oxygen atoms in total. The molecule has 0 saturated heterocycles. The molecule has 1 aromatic heterocycles. The van der Waals surface area contributed by atoms with Gasteiger partial charge in [-0.3, -0.25) is 9.36 Å². The normalized spacial score (nSPS) is 14.5. The summed E-state index contributed by atoms with van der Waals surface area (Å²) >= 11 is 1.25. The largest absolute Gasteiger partial charge is 0.497 e. The van der Waals surface area contributed by atoms with E-state index in [9.17, 15) is 9.59 Å². The minimum absolute atomic E-state index is 0.205. The number of thiazole rings is 1. The number of hydrogen-bond donors (Lipinski definition) is 0. The van der Waals surface area contributed by atoms with Crippen LogP contribution >= 0.6 is 11.3 Å². The van der Waals surface area contributed by atoms with E-state index < -0.39 is 12.0 Å². The van der Waals surface area contributed by atoms with E-state index in [4.69, 9.17) is 23.7 Å². The quantitative estimate of drug-likeness (QED) is 0.187. The van der Waals surface area contributed by atoms with E-state index >= 15 is 0 Å². The van der Waals surface area contributed by atoms with Crippen LogP contribution in [0, 0.1) is 0 Å². The lowest BCUT2D eigenvalue weighted by molar-refractivity contribution is -0.139. The molecule has 1 aliphatic rings. The molecule has 0 spiro atoms. The fourth-order valence-corrected chi connectivity index (χ4v) is 5.81. The second kappa shape index (κ2) is 13.4. The number of hydrogen-bond acceptors (Lipinski definition) is 9. The number of benzene rings is 3. The van der Waals surface area contributed by atoms with Crippen LogP contribution < -0.4 is 33.8 Å². The lowest BCUT2D eigenvalue weighted by Crippen LogP contribution is -2.39. The third-order valence-electron chi connectivity index (χ3n) is 6.79. The molecule has 10 heteroatoms. The predicted molar refractivity (Wildman–Crippen MR) is 164 cm³/mol. The number of methoxy groups -OCH3 is 2. The van der Waals surface area contributed by atoms with E-state index in [1.165, 1.54) is 11.3 Å². The molecule has 0 aliphatic carbocycles. The van der Waals surface area contributed by atoms with Crippen LogP contribution in [0.4, 0.5) is 0 Å². The summed E-state index contributed by atoms with van der Waals surface area (Å²) in [5.74, 6) is 2.02. The van der Waals surface area contributed by atoms with Crippen molar-refractivity contribution in [2.45, 2.75) is 19.9 Å². The highest BCUT2D eigenvalue weighted by atomic mass is 32.1. The molecule has 3 aromatic carbocycles. The molecule has 1 atom stereocenters. The molecule has 0 fully saturated rings. The second-order valence-electron chi connectivity index (χ2n) is 9.50. The summed E-state index contributed by atoms with van der Waals surface area (Å²) in [6, 6.07) is 21.6. The first kappa shape index (κ1) is 29.7. The molecule has 2 heterocycles. The number of nitrogens with zero attached hydrogens (tertiary/aromatic N) is 2. The summed E-state index contributed by atoms with van der Waals surface area (Å²) in [6.45, 7) is 4.41. The monoisotopic (exact) mass is 600 g/mol. The van der Waals surface area contributed by atoms with Crippen molar-refractivity contribution < 1.29 is 28.5 Å². The van der Waals surface area contributed by atoms with Gasteiger partial charge in [-0.15, -0.1) is 0 Å². The molecule has 0 bridgehead atoms. The Bertz CT molecular complexity index is 1810. The maximum absolute atomic E-state index is 13.9. The summed E-state index contributed by atoms with van der Waals surface area (Å²) in [4.78, 5) is 32.1. The molecule has 4 aromatic rings. The van der Waals surface area contributed by atoms with Crippen LogP contribution in [0.1, 0.15) is 31.0 Å². The number of para-hydroxylation sites is 1. The van der Waals surface area contributed by atoms with Gasteiger partial charge in [0.25, 0.3) is 5.56 Å². The molecule has 43 heavy (non-hydrogen) atoms. The molecule has 0 radical (unpaired) electrons. The molecule has 0 N–H and O–H groups in total. The minimum atomic E-state index is -0.702. The fraction of sp³-hybridized carbons (Fsp3) is 0.242. The van der Waals surface area contributed by atoms with Crippen molar-refractivity contribution in [2.24, 2.45) is 4.99 Å². The Labute approximate surface area is 252 Å². The molecule has 1 aliphatic heterocycles. The van der Waals surface area contributed by atoms with Crippen molar-refractivity contribution >= 4 is 23.4 Å². The van der Waals surface area contributed by atoms with E-state index in [1.54, 1.807) is 56.9 Å². The number of carbonyl (C=O) groups is 1. The Morgan fingerprint density at radius 3 is 2.37 bits per heavy atom. The van der Waals surface area contributed by atoms with Gasteiger partial charge in [0, 0.05) is 0 Å². The zero-order valence-electron chi connectivity index (χ0n) is 24.4. The summed E-state index contributed by atoms with van der Waals surface area (Å²) in [5, 5.41) is 0. The zero-order chi connectivity index (χ0) is 30.3. The van der Waals surface area contributed by atoms with Crippen LogP contribution in [-0.2, 0) is 9.53 Å². The molecule has 5 rings (SSSR count). The van der Waals surface area contributed by atoms with E-state index in [0.717, 1.165) is 16.9 Å². The average Bonchev–Trinajstić information content (AvgIpc) is 3.33. The van der Waals surface area contributed by atoms with E-state index in [2.05, 4.69) is 4.99 Å². The summed E-state index contributed by atoms with van der Waals surface area (Å²) in [6.07, 6.45) is 1.78. The van der Waals surface area contributed by atoms with Crippen molar-refractivity contribution in [2.75, 3.05) is 34.0 Å². The molecule has 0 saturated carbocycles. The first-order chi connectivity index (χ1) is 20.9. The third-order valence-corrected chi connectivity index (χ3v) is 7.77. The Kier molecular flexibility index (Phi) is 9.26. The van der Waals surface area contributed by atoms with Crippen molar-refractivity contribution in [1.82, 2.24) is 4.57 Å². The smallest absolute Gasteiger partial charge is 0.338 e. The van der Waals surface area contributed by atoms with Crippen LogP contribution in [0.15, 0.2) is 93.9 Å². The van der Waals surface area contributed by atoms with Gasteiger partial charge in [-0.1, -0.05) is 47.7 Å². The second-order valence-corrected chi connectivity index (χ2v) is 10.5. The highest BCUT2D eigenvalue weighted by Gasteiger charge is 2.33. The third kappa shape index (κ3) is 6.49. The van der Waals surface area contributed by atoms with E-state index in [-0.39, 0.29) is 12.2 Å². The standard InChI is InChI=1S/C33H32N2O7S/c1-5-40-32(37)29-21(2)34-33-35(30(29)23-12-14-24(38-3)15-13-23)31(36)28(43-33)20-22-11-16-26(27(19-22)39-4)42-18-17-41-25-9-7-6-8-10-25/h6-16,19-20,30H,5,17-18H2,1-4H3/b28-20+/t30-/m1/s1. The average molecular weight is 601 g/mol. The van der Waals surface area contributed by atoms with Crippen LogP contribution in [-0.4, -0.2) is 44.6 Å². The zero-order valence-corrected chi connectivity index (χ0v) is 25.2. The fourth-order valence-electron chi connectivity index (χ4n) is 4.77. The number of allylic oxidation sites excluding steroid dienone is 1. The first-order valence-electron chi connectivity index (χ1n) is 13.8. The topological polar surface area (TPSA) is 97.6 Å². The Morgan fingerprint density at radius 2 is 1.67 bits per heavy atom. The molecule has 0 amide bonds. The lowest BCUT2D eigenvalue weighted by atomic mass is 9.96. The Morgan fingerprint density at radius 1 is 0.930 bits per heavy atom.